The highest BCUT2D eigenvalue weighted by molar-refractivity contribution is 7.14. The molecule has 1 N–H and O–H groups in total. The van der Waals surface area contributed by atoms with Gasteiger partial charge in [0, 0.05) is 24.9 Å². The predicted octanol–water partition coefficient (Wildman–Crippen LogP) is 3.39. The molecule has 0 radical (unpaired) electrons. The van der Waals surface area contributed by atoms with Gasteiger partial charge in [-0.25, -0.2) is 4.98 Å². The van der Waals surface area contributed by atoms with Gasteiger partial charge in [0.25, 0.3) is 5.91 Å². The summed E-state index contributed by atoms with van der Waals surface area (Å²) >= 11 is 1.29. The number of nitrogens with zero attached hydrogens (tertiary/aromatic N) is 2. The number of anilines is 1. The first kappa shape index (κ1) is 17.6. The Morgan fingerprint density at radius 3 is 2.67 bits per heavy atom. The fourth-order valence-corrected chi connectivity index (χ4v) is 2.59. The lowest BCUT2D eigenvalue weighted by Gasteiger charge is -2.19. The maximum absolute atomic E-state index is 12.3. The molecule has 0 saturated heterocycles. The number of hydrogen-bond donors (Lipinski definition) is 1. The second kappa shape index (κ2) is 8.77. The van der Waals surface area contributed by atoms with Crippen molar-refractivity contribution in [2.75, 3.05) is 18.4 Å². The van der Waals surface area contributed by atoms with Crippen LogP contribution in [0.15, 0.2) is 5.38 Å². The highest BCUT2D eigenvalue weighted by Crippen LogP contribution is 2.18. The number of unbranched alkanes of at least 4 members (excludes halogenated alkanes) is 1. The summed E-state index contributed by atoms with van der Waals surface area (Å²) in [7, 11) is 0. The van der Waals surface area contributed by atoms with Crippen molar-refractivity contribution < 1.29 is 9.59 Å². The SMILES string of the molecule is CCCCN(CC)C(=O)c1csc(NC(=O)CC(C)C)n1. The second-order valence-corrected chi connectivity index (χ2v) is 6.28. The van der Waals surface area contributed by atoms with Gasteiger partial charge in [-0.15, -0.1) is 11.3 Å². The van der Waals surface area contributed by atoms with Crippen molar-refractivity contribution in [1.29, 1.82) is 0 Å². The Morgan fingerprint density at radius 1 is 1.38 bits per heavy atom. The van der Waals surface area contributed by atoms with E-state index in [1.807, 2.05) is 20.8 Å². The molecule has 1 rings (SSSR count). The molecule has 0 unspecified atom stereocenters. The molecular weight excluding hydrogens is 286 g/mol. The number of rotatable bonds is 8. The molecule has 0 aliphatic heterocycles. The van der Waals surface area contributed by atoms with Crippen molar-refractivity contribution in [3.8, 4) is 0 Å². The van der Waals surface area contributed by atoms with Crippen molar-refractivity contribution in [2.45, 2.75) is 47.0 Å². The van der Waals surface area contributed by atoms with Crippen LogP contribution >= 0.6 is 11.3 Å². The van der Waals surface area contributed by atoms with Gasteiger partial charge in [0.15, 0.2) is 5.13 Å². The van der Waals surface area contributed by atoms with E-state index in [9.17, 15) is 9.59 Å². The lowest BCUT2D eigenvalue weighted by Crippen LogP contribution is -2.32. The van der Waals surface area contributed by atoms with Gasteiger partial charge >= 0.3 is 0 Å². The van der Waals surface area contributed by atoms with Gasteiger partial charge in [-0.05, 0) is 19.3 Å². The van der Waals surface area contributed by atoms with Crippen LogP contribution in [0.3, 0.4) is 0 Å². The van der Waals surface area contributed by atoms with Gasteiger partial charge in [0.2, 0.25) is 5.91 Å². The number of amides is 2. The number of carbonyl (C=O) groups excluding carboxylic acids is 2. The third-order valence-electron chi connectivity index (χ3n) is 3.01. The fourth-order valence-electron chi connectivity index (χ4n) is 1.88. The predicted molar refractivity (Wildman–Crippen MR) is 86.7 cm³/mol. The lowest BCUT2D eigenvalue weighted by atomic mass is 10.1. The quantitative estimate of drug-likeness (QED) is 0.800. The normalized spacial score (nSPS) is 10.7. The summed E-state index contributed by atoms with van der Waals surface area (Å²) in [5.41, 5.74) is 0.415. The molecule has 0 spiro atoms. The maximum atomic E-state index is 12.3. The van der Waals surface area contributed by atoms with Gasteiger partial charge < -0.3 is 10.2 Å². The van der Waals surface area contributed by atoms with E-state index in [1.54, 1.807) is 10.3 Å². The number of thiazole rings is 1. The van der Waals surface area contributed by atoms with Crippen LogP contribution in [-0.2, 0) is 4.79 Å². The highest BCUT2D eigenvalue weighted by Gasteiger charge is 2.17. The minimum Gasteiger partial charge on any atom is -0.338 e. The van der Waals surface area contributed by atoms with Crippen LogP contribution in [0.1, 0.15) is 57.4 Å². The molecular formula is C15H25N3O2S. The topological polar surface area (TPSA) is 62.3 Å². The molecule has 5 nitrogen and oxygen atoms in total. The van der Waals surface area contributed by atoms with E-state index in [0.717, 1.165) is 19.4 Å². The van der Waals surface area contributed by atoms with Crippen LogP contribution < -0.4 is 5.32 Å². The Balaban J connectivity index is 2.64. The Bertz CT molecular complexity index is 471. The minimum atomic E-state index is -0.0634. The van der Waals surface area contributed by atoms with E-state index in [1.165, 1.54) is 11.3 Å². The van der Waals surface area contributed by atoms with E-state index >= 15 is 0 Å². The molecule has 0 aromatic carbocycles. The Hall–Kier alpha value is -1.43. The monoisotopic (exact) mass is 311 g/mol. The number of carbonyl (C=O) groups is 2. The summed E-state index contributed by atoms with van der Waals surface area (Å²) in [6, 6.07) is 0. The molecule has 0 fully saturated rings. The van der Waals surface area contributed by atoms with E-state index in [2.05, 4.69) is 17.2 Å². The smallest absolute Gasteiger partial charge is 0.273 e. The van der Waals surface area contributed by atoms with Crippen molar-refractivity contribution >= 4 is 28.3 Å². The third-order valence-corrected chi connectivity index (χ3v) is 3.77. The zero-order valence-corrected chi connectivity index (χ0v) is 14.1. The molecule has 21 heavy (non-hydrogen) atoms. The van der Waals surface area contributed by atoms with Crippen LogP contribution in [-0.4, -0.2) is 34.8 Å². The minimum absolute atomic E-state index is 0.0586. The standard InChI is InChI=1S/C15H25N3O2S/c1-5-7-8-18(6-2)14(20)12-10-21-15(16-12)17-13(19)9-11(3)4/h10-11H,5-9H2,1-4H3,(H,16,17,19). The first-order valence-corrected chi connectivity index (χ1v) is 8.40. The van der Waals surface area contributed by atoms with Crippen LogP contribution in [0.4, 0.5) is 5.13 Å². The molecule has 0 aliphatic carbocycles. The fraction of sp³-hybridized carbons (Fsp3) is 0.667. The Kier molecular flexibility index (Phi) is 7.36. The van der Waals surface area contributed by atoms with Gasteiger partial charge in [-0.2, -0.15) is 0 Å². The largest absolute Gasteiger partial charge is 0.338 e. The molecule has 0 saturated carbocycles. The van der Waals surface area contributed by atoms with Crippen LogP contribution in [0.2, 0.25) is 0 Å². The molecule has 1 aromatic rings. The van der Waals surface area contributed by atoms with Crippen molar-refractivity contribution in [3.63, 3.8) is 0 Å². The maximum Gasteiger partial charge on any atom is 0.273 e. The summed E-state index contributed by atoms with van der Waals surface area (Å²) in [6.45, 7) is 9.46. The van der Waals surface area contributed by atoms with Gasteiger partial charge in [-0.1, -0.05) is 27.2 Å². The molecule has 2 amide bonds. The van der Waals surface area contributed by atoms with E-state index in [4.69, 9.17) is 0 Å². The van der Waals surface area contributed by atoms with Gasteiger partial charge in [0.1, 0.15) is 5.69 Å². The molecule has 0 atom stereocenters. The number of hydrogen-bond acceptors (Lipinski definition) is 4. The average molecular weight is 311 g/mol. The van der Waals surface area contributed by atoms with Crippen LogP contribution in [0.25, 0.3) is 0 Å². The summed E-state index contributed by atoms with van der Waals surface area (Å²) < 4.78 is 0. The lowest BCUT2D eigenvalue weighted by molar-refractivity contribution is -0.116. The van der Waals surface area contributed by atoms with Crippen LogP contribution in [0, 0.1) is 5.92 Å². The summed E-state index contributed by atoms with van der Waals surface area (Å²) in [5.74, 6) is 0.180. The molecule has 0 aliphatic rings. The summed E-state index contributed by atoms with van der Waals surface area (Å²) in [4.78, 5) is 30.0. The molecule has 0 bridgehead atoms. The average Bonchev–Trinajstić information content (AvgIpc) is 2.86. The van der Waals surface area contributed by atoms with Crippen molar-refractivity contribution in [2.24, 2.45) is 5.92 Å². The first-order valence-electron chi connectivity index (χ1n) is 7.52. The first-order chi connectivity index (χ1) is 9.97. The van der Waals surface area contributed by atoms with E-state index in [0.29, 0.717) is 29.7 Å². The van der Waals surface area contributed by atoms with Gasteiger partial charge in [0.05, 0.1) is 0 Å². The summed E-state index contributed by atoms with van der Waals surface area (Å²) in [6.07, 6.45) is 2.50. The van der Waals surface area contributed by atoms with E-state index in [-0.39, 0.29) is 11.8 Å². The molecule has 1 aromatic heterocycles. The second-order valence-electron chi connectivity index (χ2n) is 5.42. The highest BCUT2D eigenvalue weighted by atomic mass is 32.1. The Labute approximate surface area is 130 Å². The number of nitrogens with one attached hydrogen (secondary N) is 1. The van der Waals surface area contributed by atoms with Gasteiger partial charge in [-0.3, -0.25) is 9.59 Å². The molecule has 118 valence electrons. The number of aromatic nitrogens is 1. The Morgan fingerprint density at radius 2 is 2.10 bits per heavy atom. The summed E-state index contributed by atoms with van der Waals surface area (Å²) in [5, 5.41) is 4.95. The van der Waals surface area contributed by atoms with E-state index < -0.39 is 0 Å². The molecule has 1 heterocycles. The zero-order valence-electron chi connectivity index (χ0n) is 13.3. The van der Waals surface area contributed by atoms with Crippen LogP contribution in [0.5, 0.6) is 0 Å². The van der Waals surface area contributed by atoms with Crippen molar-refractivity contribution in [1.82, 2.24) is 9.88 Å². The zero-order chi connectivity index (χ0) is 15.8. The van der Waals surface area contributed by atoms with Crippen molar-refractivity contribution in [3.05, 3.63) is 11.1 Å². The molecule has 6 heteroatoms. The third kappa shape index (κ3) is 5.83.